The molecule has 1 unspecified atom stereocenters. The van der Waals surface area contributed by atoms with Crippen molar-refractivity contribution >= 4 is 25.9 Å². The van der Waals surface area contributed by atoms with Crippen LogP contribution in [0.1, 0.15) is 44.0 Å². The van der Waals surface area contributed by atoms with E-state index in [-0.39, 0.29) is 46.9 Å². The van der Waals surface area contributed by atoms with Crippen LogP contribution in [0, 0.1) is 5.41 Å². The molecule has 0 saturated heterocycles. The topological polar surface area (TPSA) is 86.5 Å². The van der Waals surface area contributed by atoms with E-state index in [1.54, 1.807) is 0 Å². The molecule has 182 valence electrons. The fourth-order valence-electron chi connectivity index (χ4n) is 3.15. The normalized spacial score (nSPS) is 17.0. The van der Waals surface area contributed by atoms with Crippen LogP contribution in [0.3, 0.4) is 0 Å². The smallest absolute Gasteiger partial charge is 0.397 e. The first-order valence-corrected chi connectivity index (χ1v) is 13.7. The summed E-state index contributed by atoms with van der Waals surface area (Å²) in [5.74, 6) is -0.880. The highest BCUT2D eigenvalue weighted by Gasteiger charge is 2.68. The number of carbonyl (C=O) groups is 1. The van der Waals surface area contributed by atoms with E-state index in [1.165, 1.54) is 29.1 Å². The summed E-state index contributed by atoms with van der Waals surface area (Å²) in [5, 5.41) is 12.8. The molecular formula is C21H27ClF3N3O4Si. The molecule has 1 atom stereocenters. The van der Waals surface area contributed by atoms with Crippen molar-refractivity contribution < 1.29 is 32.2 Å². The second-order valence-corrected chi connectivity index (χ2v) is 14.9. The molecule has 0 bridgehead atoms. The first-order chi connectivity index (χ1) is 15.1. The van der Waals surface area contributed by atoms with Crippen molar-refractivity contribution in [3.05, 3.63) is 35.1 Å². The molecule has 0 radical (unpaired) electrons. The van der Waals surface area contributed by atoms with E-state index in [9.17, 15) is 18.0 Å². The number of alkyl halides is 3. The van der Waals surface area contributed by atoms with Gasteiger partial charge >= 0.3 is 12.1 Å². The summed E-state index contributed by atoms with van der Waals surface area (Å²) in [7, 11) is -2.50. The van der Waals surface area contributed by atoms with E-state index in [1.807, 2.05) is 33.9 Å². The molecule has 7 nitrogen and oxygen atoms in total. The van der Waals surface area contributed by atoms with Crippen molar-refractivity contribution in [3.63, 3.8) is 0 Å². The lowest BCUT2D eigenvalue weighted by atomic mass is 9.99. The van der Waals surface area contributed by atoms with Crippen LogP contribution < -0.4 is 4.74 Å². The van der Waals surface area contributed by atoms with Gasteiger partial charge in [-0.3, -0.25) is 0 Å². The quantitative estimate of drug-likeness (QED) is 0.364. The van der Waals surface area contributed by atoms with E-state index in [0.717, 1.165) is 0 Å². The second kappa shape index (κ2) is 8.59. The molecule has 1 N–H and O–H groups in total. The summed E-state index contributed by atoms with van der Waals surface area (Å²) in [6, 6.07) is 4.19. The van der Waals surface area contributed by atoms with Gasteiger partial charge in [-0.15, -0.1) is 5.10 Å². The molecule has 1 aliphatic carbocycles. The minimum Gasteiger partial charge on any atom is -0.478 e. The Labute approximate surface area is 196 Å². The molecule has 0 spiro atoms. The molecule has 12 heteroatoms. The Balaban J connectivity index is 1.79. The maximum atomic E-state index is 13.9. The third kappa shape index (κ3) is 5.20. The Kier molecular flexibility index (Phi) is 6.64. The predicted molar refractivity (Wildman–Crippen MR) is 119 cm³/mol. The number of aromatic nitrogens is 3. The highest BCUT2D eigenvalue weighted by atomic mass is 35.5. The van der Waals surface area contributed by atoms with Crippen LogP contribution in [0.4, 0.5) is 13.2 Å². The minimum absolute atomic E-state index is 0.00589. The van der Waals surface area contributed by atoms with Crippen molar-refractivity contribution in [2.24, 2.45) is 5.41 Å². The molecule has 1 fully saturated rings. The molecular weight excluding hydrogens is 479 g/mol. The molecule has 1 aliphatic rings. The van der Waals surface area contributed by atoms with E-state index in [4.69, 9.17) is 25.9 Å². The Morgan fingerprint density at radius 1 is 1.27 bits per heavy atom. The highest BCUT2D eigenvalue weighted by molar-refractivity contribution is 6.74. The molecule has 3 rings (SSSR count). The van der Waals surface area contributed by atoms with Crippen LogP contribution in [0.15, 0.2) is 24.4 Å². The van der Waals surface area contributed by atoms with Crippen molar-refractivity contribution in [1.29, 1.82) is 0 Å². The van der Waals surface area contributed by atoms with Crippen LogP contribution >= 0.6 is 11.6 Å². The first kappa shape index (κ1) is 25.5. The fourth-order valence-corrected chi connectivity index (χ4v) is 4.73. The molecule has 0 aliphatic heterocycles. The summed E-state index contributed by atoms with van der Waals surface area (Å²) >= 11 is 5.90. The number of halogens is 4. The third-order valence-electron chi connectivity index (χ3n) is 6.46. The van der Waals surface area contributed by atoms with Crippen molar-refractivity contribution in [3.8, 4) is 11.7 Å². The average Bonchev–Trinajstić information content (AvgIpc) is 3.36. The van der Waals surface area contributed by atoms with Gasteiger partial charge in [0.25, 0.3) is 0 Å². The number of nitrogens with zero attached hydrogens (tertiary/aromatic N) is 3. The summed E-state index contributed by atoms with van der Waals surface area (Å²) in [6.45, 7) is 9.45. The summed E-state index contributed by atoms with van der Waals surface area (Å²) < 4.78 is 54.8. The number of carboxylic acids is 1. The number of pyridine rings is 1. The molecule has 0 aromatic carbocycles. The Bertz CT molecular complexity index is 1030. The lowest BCUT2D eigenvalue weighted by molar-refractivity contribution is -0.215. The minimum atomic E-state index is -4.39. The summed E-state index contributed by atoms with van der Waals surface area (Å²) in [4.78, 5) is 15.1. The van der Waals surface area contributed by atoms with E-state index < -0.39 is 32.0 Å². The number of ether oxygens (including phenoxy) is 1. The van der Waals surface area contributed by atoms with Crippen molar-refractivity contribution in [2.45, 2.75) is 64.0 Å². The standard InChI is InChI=1S/C21H27ClF3N3O4Si/c1-19(2,3)33(4,5)32-14(20(9-10-20)21(23,24)25)12-31-16-8-11-28(27-16)15-7-6-13(18(29)30)17(22)26-15/h6-8,11,14H,9-10,12H2,1-5H3,(H,29,30). The lowest BCUT2D eigenvalue weighted by Crippen LogP contribution is -2.51. The van der Waals surface area contributed by atoms with Gasteiger partial charge in [-0.2, -0.15) is 13.2 Å². The largest absolute Gasteiger partial charge is 0.478 e. The highest BCUT2D eigenvalue weighted by Crippen LogP contribution is 2.61. The van der Waals surface area contributed by atoms with Gasteiger partial charge in [0.2, 0.25) is 5.88 Å². The molecule has 33 heavy (non-hydrogen) atoms. The molecule has 2 heterocycles. The van der Waals surface area contributed by atoms with Crippen LogP contribution in [-0.2, 0) is 4.43 Å². The zero-order chi connectivity index (χ0) is 24.8. The number of rotatable bonds is 8. The van der Waals surface area contributed by atoms with Gasteiger partial charge in [0.1, 0.15) is 11.8 Å². The maximum Gasteiger partial charge on any atom is 0.397 e. The lowest BCUT2D eigenvalue weighted by Gasteiger charge is -2.41. The Morgan fingerprint density at radius 3 is 2.39 bits per heavy atom. The van der Waals surface area contributed by atoms with Gasteiger partial charge < -0.3 is 14.3 Å². The van der Waals surface area contributed by atoms with E-state index >= 15 is 0 Å². The maximum absolute atomic E-state index is 13.9. The fraction of sp³-hybridized carbons (Fsp3) is 0.571. The van der Waals surface area contributed by atoms with Crippen LogP contribution in [0.25, 0.3) is 5.82 Å². The SMILES string of the molecule is CC(C)(C)[Si](C)(C)OC(COc1ccn(-c2ccc(C(=O)O)c(Cl)n2)n1)C1(C(F)(F)F)CC1. The third-order valence-corrected chi connectivity index (χ3v) is 11.2. The Hall–Kier alpha value is -2.11. The van der Waals surface area contributed by atoms with Crippen LogP contribution in [-0.4, -0.2) is 53.0 Å². The van der Waals surface area contributed by atoms with Gasteiger partial charge in [0.15, 0.2) is 14.1 Å². The zero-order valence-electron chi connectivity index (χ0n) is 19.0. The molecule has 2 aromatic rings. The number of hydrogen-bond donors (Lipinski definition) is 1. The van der Waals surface area contributed by atoms with E-state index in [2.05, 4.69) is 10.1 Å². The van der Waals surface area contributed by atoms with Crippen LogP contribution in [0.2, 0.25) is 23.3 Å². The van der Waals surface area contributed by atoms with Gasteiger partial charge in [-0.1, -0.05) is 32.4 Å². The number of carboxylic acid groups (broad SMARTS) is 1. The second-order valence-electron chi connectivity index (χ2n) is 9.74. The summed E-state index contributed by atoms with van der Waals surface area (Å²) in [6.07, 6.45) is -4.03. The van der Waals surface area contributed by atoms with Gasteiger partial charge in [-0.05, 0) is 43.1 Å². The molecule has 0 amide bonds. The number of hydrogen-bond acceptors (Lipinski definition) is 5. The predicted octanol–water partition coefficient (Wildman–Crippen LogP) is 5.73. The first-order valence-electron chi connectivity index (χ1n) is 10.4. The van der Waals surface area contributed by atoms with Gasteiger partial charge in [0.05, 0.1) is 17.1 Å². The van der Waals surface area contributed by atoms with Crippen molar-refractivity contribution in [2.75, 3.05) is 6.61 Å². The Morgan fingerprint density at radius 2 is 1.91 bits per heavy atom. The molecule has 1 saturated carbocycles. The average molecular weight is 506 g/mol. The molecule has 2 aromatic heterocycles. The van der Waals surface area contributed by atoms with Crippen LogP contribution in [0.5, 0.6) is 5.88 Å². The number of aromatic carboxylic acids is 1. The summed E-state index contributed by atoms with van der Waals surface area (Å²) in [5.41, 5.74) is -2.07. The zero-order valence-corrected chi connectivity index (χ0v) is 20.8. The monoisotopic (exact) mass is 505 g/mol. The van der Waals surface area contributed by atoms with E-state index in [0.29, 0.717) is 0 Å². The van der Waals surface area contributed by atoms with Crippen molar-refractivity contribution in [1.82, 2.24) is 14.8 Å². The van der Waals surface area contributed by atoms with Gasteiger partial charge in [-0.25, -0.2) is 14.5 Å². The van der Waals surface area contributed by atoms with Gasteiger partial charge in [0, 0.05) is 12.3 Å².